The second-order valence-electron chi connectivity index (χ2n) is 5.00. The molecule has 1 saturated carbocycles. The van der Waals surface area contributed by atoms with Crippen LogP contribution in [0.2, 0.25) is 0 Å². The molecule has 1 aliphatic heterocycles. The van der Waals surface area contributed by atoms with Crippen LogP contribution in [-0.2, 0) is 6.42 Å². The van der Waals surface area contributed by atoms with E-state index in [1.165, 1.54) is 49.0 Å². The summed E-state index contributed by atoms with van der Waals surface area (Å²) >= 11 is 2.12. The lowest BCUT2D eigenvalue weighted by atomic mass is 9.84. The summed E-state index contributed by atoms with van der Waals surface area (Å²) in [7, 11) is 1.75. The van der Waals surface area contributed by atoms with Crippen LogP contribution in [0.3, 0.4) is 0 Å². The van der Waals surface area contributed by atoms with E-state index < -0.39 is 0 Å². The van der Waals surface area contributed by atoms with E-state index >= 15 is 0 Å². The Morgan fingerprint density at radius 3 is 2.75 bits per heavy atom. The molecule has 1 spiro atoms. The maximum absolute atomic E-state index is 5.31. The second kappa shape index (κ2) is 3.99. The molecule has 0 N–H and O–H groups in total. The molecule has 0 aromatic heterocycles. The number of hydrogen-bond acceptors (Lipinski definition) is 2. The number of rotatable bonds is 1. The van der Waals surface area contributed by atoms with Gasteiger partial charge < -0.3 is 4.74 Å². The van der Waals surface area contributed by atoms with Crippen molar-refractivity contribution in [3.05, 3.63) is 23.8 Å². The maximum atomic E-state index is 5.31. The third-order valence-corrected chi connectivity index (χ3v) is 5.48. The SMILES string of the molecule is COc1ccc2c(c1)CC1(CCCCC1)S2. The normalized spacial score (nSPS) is 22.1. The molecule has 16 heavy (non-hydrogen) atoms. The predicted octanol–water partition coefficient (Wildman–Crippen LogP) is 4.05. The van der Waals surface area contributed by atoms with Gasteiger partial charge in [0.2, 0.25) is 0 Å². The Morgan fingerprint density at radius 1 is 1.19 bits per heavy atom. The van der Waals surface area contributed by atoms with Gasteiger partial charge in [0.1, 0.15) is 5.75 Å². The summed E-state index contributed by atoms with van der Waals surface area (Å²) in [5.74, 6) is 1.01. The van der Waals surface area contributed by atoms with Crippen LogP contribution in [0, 0.1) is 0 Å². The molecule has 2 aliphatic rings. The largest absolute Gasteiger partial charge is 0.497 e. The average molecular weight is 234 g/mol. The van der Waals surface area contributed by atoms with Gasteiger partial charge in [-0.15, -0.1) is 11.8 Å². The number of hydrogen-bond donors (Lipinski definition) is 0. The fourth-order valence-corrected chi connectivity index (χ4v) is 4.60. The van der Waals surface area contributed by atoms with Crippen molar-refractivity contribution in [1.82, 2.24) is 0 Å². The molecule has 0 radical (unpaired) electrons. The van der Waals surface area contributed by atoms with Gasteiger partial charge >= 0.3 is 0 Å². The minimum absolute atomic E-state index is 0.535. The summed E-state index contributed by atoms with van der Waals surface area (Å²) in [6.45, 7) is 0. The summed E-state index contributed by atoms with van der Waals surface area (Å²) in [6, 6.07) is 6.56. The average Bonchev–Trinajstić information content (AvgIpc) is 2.66. The molecule has 3 rings (SSSR count). The molecule has 1 aromatic carbocycles. The second-order valence-corrected chi connectivity index (χ2v) is 6.51. The zero-order valence-electron chi connectivity index (χ0n) is 9.79. The predicted molar refractivity (Wildman–Crippen MR) is 68.4 cm³/mol. The standard InChI is InChI=1S/C14H18OS/c1-15-12-5-6-13-11(9-12)10-14(16-13)7-3-2-4-8-14/h5-6,9H,2-4,7-8,10H2,1H3. The summed E-state index contributed by atoms with van der Waals surface area (Å²) < 4.78 is 5.84. The first kappa shape index (κ1) is 10.5. The van der Waals surface area contributed by atoms with Gasteiger partial charge in [-0.3, -0.25) is 0 Å². The van der Waals surface area contributed by atoms with Gasteiger partial charge in [-0.25, -0.2) is 0 Å². The van der Waals surface area contributed by atoms with Crippen molar-refractivity contribution < 1.29 is 4.74 Å². The third-order valence-electron chi connectivity index (χ3n) is 3.87. The van der Waals surface area contributed by atoms with E-state index in [9.17, 15) is 0 Å². The van der Waals surface area contributed by atoms with E-state index in [1.54, 1.807) is 7.11 Å². The minimum Gasteiger partial charge on any atom is -0.497 e. The smallest absolute Gasteiger partial charge is 0.119 e. The van der Waals surface area contributed by atoms with Crippen molar-refractivity contribution in [3.8, 4) is 5.75 Å². The van der Waals surface area contributed by atoms with Gasteiger partial charge in [0.25, 0.3) is 0 Å². The van der Waals surface area contributed by atoms with E-state index in [-0.39, 0.29) is 0 Å². The van der Waals surface area contributed by atoms with E-state index in [1.807, 2.05) is 0 Å². The first-order valence-electron chi connectivity index (χ1n) is 6.17. The Bertz CT molecular complexity index is 394. The molecule has 1 fully saturated rings. The first-order valence-corrected chi connectivity index (χ1v) is 6.99. The Labute approximate surface area is 102 Å². The van der Waals surface area contributed by atoms with Crippen LogP contribution < -0.4 is 4.74 Å². The molecule has 1 nitrogen and oxygen atoms in total. The van der Waals surface area contributed by atoms with E-state index in [0.29, 0.717) is 4.75 Å². The molecule has 2 heteroatoms. The Balaban J connectivity index is 1.87. The Hall–Kier alpha value is -0.630. The van der Waals surface area contributed by atoms with Crippen LogP contribution in [0.4, 0.5) is 0 Å². The molecule has 0 unspecified atom stereocenters. The number of thioether (sulfide) groups is 1. The van der Waals surface area contributed by atoms with Gasteiger partial charge in [0, 0.05) is 9.64 Å². The molecule has 86 valence electrons. The monoisotopic (exact) mass is 234 g/mol. The number of benzene rings is 1. The molecule has 1 aromatic rings. The topological polar surface area (TPSA) is 9.23 Å². The third kappa shape index (κ3) is 1.73. The maximum Gasteiger partial charge on any atom is 0.119 e. The highest BCUT2D eigenvalue weighted by molar-refractivity contribution is 8.01. The number of methoxy groups -OCH3 is 1. The van der Waals surface area contributed by atoms with Gasteiger partial charge in [0.05, 0.1) is 7.11 Å². The summed E-state index contributed by atoms with van der Waals surface area (Å²) in [5, 5.41) is 0. The lowest BCUT2D eigenvalue weighted by Gasteiger charge is -2.32. The van der Waals surface area contributed by atoms with Crippen molar-refractivity contribution in [2.24, 2.45) is 0 Å². The highest BCUT2D eigenvalue weighted by atomic mass is 32.2. The minimum atomic E-state index is 0.535. The highest BCUT2D eigenvalue weighted by Crippen LogP contribution is 2.52. The van der Waals surface area contributed by atoms with Gasteiger partial charge in [-0.1, -0.05) is 19.3 Å². The van der Waals surface area contributed by atoms with Crippen molar-refractivity contribution in [2.45, 2.75) is 48.2 Å². The van der Waals surface area contributed by atoms with Gasteiger partial charge in [-0.05, 0) is 43.0 Å². The van der Waals surface area contributed by atoms with Crippen LogP contribution in [0.5, 0.6) is 5.75 Å². The van der Waals surface area contributed by atoms with E-state index in [0.717, 1.165) is 5.75 Å². The molecular formula is C14H18OS. The van der Waals surface area contributed by atoms with Crippen LogP contribution >= 0.6 is 11.8 Å². The van der Waals surface area contributed by atoms with Crippen LogP contribution in [-0.4, -0.2) is 11.9 Å². The number of fused-ring (bicyclic) bond motifs is 1. The van der Waals surface area contributed by atoms with E-state index in [2.05, 4.69) is 30.0 Å². The fraction of sp³-hybridized carbons (Fsp3) is 0.571. The van der Waals surface area contributed by atoms with Crippen LogP contribution in [0.25, 0.3) is 0 Å². The van der Waals surface area contributed by atoms with Crippen molar-refractivity contribution in [2.75, 3.05) is 7.11 Å². The summed E-state index contributed by atoms with van der Waals surface area (Å²) in [6.07, 6.45) is 8.31. The quantitative estimate of drug-likeness (QED) is 0.725. The van der Waals surface area contributed by atoms with E-state index in [4.69, 9.17) is 4.74 Å². The molecule has 0 amide bonds. The Kier molecular flexibility index (Phi) is 2.62. The molecule has 0 bridgehead atoms. The molecule has 1 aliphatic carbocycles. The summed E-state index contributed by atoms with van der Waals surface area (Å²) in [5.41, 5.74) is 1.51. The van der Waals surface area contributed by atoms with Crippen molar-refractivity contribution in [3.63, 3.8) is 0 Å². The molecule has 0 saturated heterocycles. The zero-order chi connectivity index (χ0) is 11.0. The van der Waals surface area contributed by atoms with Gasteiger partial charge in [-0.2, -0.15) is 0 Å². The highest BCUT2D eigenvalue weighted by Gasteiger charge is 2.38. The Morgan fingerprint density at radius 2 is 2.00 bits per heavy atom. The van der Waals surface area contributed by atoms with Crippen LogP contribution in [0.15, 0.2) is 23.1 Å². The molecule has 1 heterocycles. The van der Waals surface area contributed by atoms with Crippen molar-refractivity contribution in [1.29, 1.82) is 0 Å². The molecular weight excluding hydrogens is 216 g/mol. The first-order chi connectivity index (χ1) is 7.81. The molecule has 0 atom stereocenters. The van der Waals surface area contributed by atoms with Crippen LogP contribution in [0.1, 0.15) is 37.7 Å². The van der Waals surface area contributed by atoms with Gasteiger partial charge in [0.15, 0.2) is 0 Å². The summed E-state index contributed by atoms with van der Waals surface area (Å²) in [4.78, 5) is 1.49. The lowest BCUT2D eigenvalue weighted by molar-refractivity contribution is 0.398. The lowest BCUT2D eigenvalue weighted by Crippen LogP contribution is -2.26. The zero-order valence-corrected chi connectivity index (χ0v) is 10.6. The van der Waals surface area contributed by atoms with Crippen molar-refractivity contribution >= 4 is 11.8 Å². The number of ether oxygens (including phenoxy) is 1. The fourth-order valence-electron chi connectivity index (χ4n) is 3.01.